The molecular formula is C14H30N2O. The van der Waals surface area contributed by atoms with Crippen LogP contribution in [0.15, 0.2) is 0 Å². The van der Waals surface area contributed by atoms with Gasteiger partial charge in [0.25, 0.3) is 0 Å². The van der Waals surface area contributed by atoms with Gasteiger partial charge in [-0.3, -0.25) is 4.90 Å². The van der Waals surface area contributed by atoms with Gasteiger partial charge in [-0.1, -0.05) is 34.6 Å². The number of nitrogens with one attached hydrogen (secondary N) is 1. The molecule has 1 aliphatic rings. The van der Waals surface area contributed by atoms with Crippen molar-refractivity contribution in [3.8, 4) is 0 Å². The Morgan fingerprint density at radius 2 is 1.88 bits per heavy atom. The van der Waals surface area contributed by atoms with Gasteiger partial charge in [-0.25, -0.2) is 0 Å². The van der Waals surface area contributed by atoms with Gasteiger partial charge in [0.2, 0.25) is 0 Å². The lowest BCUT2D eigenvalue weighted by atomic mass is 9.93. The molecule has 0 amide bonds. The van der Waals surface area contributed by atoms with Gasteiger partial charge in [0.1, 0.15) is 0 Å². The molecule has 1 saturated heterocycles. The maximum Gasteiger partial charge on any atom is 0.0826 e. The van der Waals surface area contributed by atoms with Crippen LogP contribution in [0.25, 0.3) is 0 Å². The normalized spacial score (nSPS) is 22.9. The molecule has 1 rings (SSSR count). The highest BCUT2D eigenvalue weighted by molar-refractivity contribution is 4.78. The van der Waals surface area contributed by atoms with Gasteiger partial charge in [0, 0.05) is 25.7 Å². The predicted octanol–water partition coefficient (Wildman–Crippen LogP) is 1.98. The minimum Gasteiger partial charge on any atom is -0.374 e. The maximum atomic E-state index is 5.82. The largest absolute Gasteiger partial charge is 0.374 e. The van der Waals surface area contributed by atoms with Crippen molar-refractivity contribution in [2.24, 2.45) is 11.8 Å². The summed E-state index contributed by atoms with van der Waals surface area (Å²) in [7, 11) is 0. The smallest absolute Gasteiger partial charge is 0.0826 e. The molecule has 0 aromatic heterocycles. The summed E-state index contributed by atoms with van der Waals surface area (Å²) < 4.78 is 5.82. The SMILES string of the molecule is CCN1CCOC(CNC(C(C)C)C(C)C)C1. The first-order valence-corrected chi connectivity index (χ1v) is 7.11. The van der Waals surface area contributed by atoms with Crippen LogP contribution in [0.2, 0.25) is 0 Å². The van der Waals surface area contributed by atoms with E-state index < -0.39 is 0 Å². The maximum absolute atomic E-state index is 5.82. The Kier molecular flexibility index (Phi) is 6.45. The standard InChI is InChI=1S/C14H30N2O/c1-6-16-7-8-17-13(10-16)9-15-14(11(2)3)12(4)5/h11-15H,6-10H2,1-5H3. The topological polar surface area (TPSA) is 24.5 Å². The summed E-state index contributed by atoms with van der Waals surface area (Å²) in [5, 5.41) is 3.68. The number of likely N-dealkylation sites (N-methyl/N-ethyl adjacent to an activating group) is 1. The van der Waals surface area contributed by atoms with E-state index in [1.54, 1.807) is 0 Å². The summed E-state index contributed by atoms with van der Waals surface area (Å²) in [6.45, 7) is 16.5. The number of hydrogen-bond acceptors (Lipinski definition) is 3. The van der Waals surface area contributed by atoms with Crippen LogP contribution in [-0.4, -0.2) is 49.8 Å². The van der Waals surface area contributed by atoms with E-state index in [0.717, 1.165) is 32.8 Å². The van der Waals surface area contributed by atoms with Gasteiger partial charge in [-0.15, -0.1) is 0 Å². The number of nitrogens with zero attached hydrogens (tertiary/aromatic N) is 1. The first-order chi connectivity index (χ1) is 8.04. The summed E-state index contributed by atoms with van der Waals surface area (Å²) in [4.78, 5) is 2.47. The van der Waals surface area contributed by atoms with E-state index in [-0.39, 0.29) is 0 Å². The molecule has 1 heterocycles. The van der Waals surface area contributed by atoms with Gasteiger partial charge in [0.05, 0.1) is 12.7 Å². The third kappa shape index (κ3) is 4.94. The Morgan fingerprint density at radius 1 is 1.24 bits per heavy atom. The molecule has 1 atom stereocenters. The third-order valence-corrected chi connectivity index (χ3v) is 3.69. The second kappa shape index (κ2) is 7.34. The number of morpholine rings is 1. The predicted molar refractivity (Wildman–Crippen MR) is 73.3 cm³/mol. The van der Waals surface area contributed by atoms with Gasteiger partial charge in [-0.2, -0.15) is 0 Å². The highest BCUT2D eigenvalue weighted by Gasteiger charge is 2.22. The van der Waals surface area contributed by atoms with Crippen LogP contribution in [-0.2, 0) is 4.74 Å². The summed E-state index contributed by atoms with van der Waals surface area (Å²) in [6.07, 6.45) is 0.365. The van der Waals surface area contributed by atoms with Crippen molar-refractivity contribution in [1.82, 2.24) is 10.2 Å². The molecule has 3 nitrogen and oxygen atoms in total. The molecule has 0 saturated carbocycles. The molecule has 0 radical (unpaired) electrons. The Bertz CT molecular complexity index is 198. The van der Waals surface area contributed by atoms with Crippen molar-refractivity contribution < 1.29 is 4.74 Å². The van der Waals surface area contributed by atoms with Crippen LogP contribution in [0, 0.1) is 11.8 Å². The van der Waals surface area contributed by atoms with Crippen molar-refractivity contribution >= 4 is 0 Å². The molecule has 1 N–H and O–H groups in total. The van der Waals surface area contributed by atoms with E-state index in [1.165, 1.54) is 0 Å². The lowest BCUT2D eigenvalue weighted by Crippen LogP contribution is -2.49. The number of ether oxygens (including phenoxy) is 1. The van der Waals surface area contributed by atoms with Crippen LogP contribution < -0.4 is 5.32 Å². The second-order valence-corrected chi connectivity index (χ2v) is 5.81. The van der Waals surface area contributed by atoms with Crippen LogP contribution in [0.3, 0.4) is 0 Å². The highest BCUT2D eigenvalue weighted by atomic mass is 16.5. The third-order valence-electron chi connectivity index (χ3n) is 3.69. The van der Waals surface area contributed by atoms with Crippen molar-refractivity contribution in [3.05, 3.63) is 0 Å². The van der Waals surface area contributed by atoms with Crippen LogP contribution in [0.5, 0.6) is 0 Å². The molecule has 1 aliphatic heterocycles. The van der Waals surface area contributed by atoms with Crippen molar-refractivity contribution in [3.63, 3.8) is 0 Å². The minimum absolute atomic E-state index is 0.365. The minimum atomic E-state index is 0.365. The van der Waals surface area contributed by atoms with Crippen LogP contribution in [0.4, 0.5) is 0 Å². The average molecular weight is 242 g/mol. The fraction of sp³-hybridized carbons (Fsp3) is 1.00. The lowest BCUT2D eigenvalue weighted by molar-refractivity contribution is -0.0276. The molecule has 3 heteroatoms. The molecular weight excluding hydrogens is 212 g/mol. The molecule has 102 valence electrons. The summed E-state index contributed by atoms with van der Waals surface area (Å²) in [5.41, 5.74) is 0. The van der Waals surface area contributed by atoms with E-state index in [2.05, 4.69) is 44.8 Å². The zero-order valence-electron chi connectivity index (χ0n) is 12.2. The summed E-state index contributed by atoms with van der Waals surface area (Å²) in [6, 6.07) is 0.593. The van der Waals surface area contributed by atoms with Crippen LogP contribution in [0.1, 0.15) is 34.6 Å². The van der Waals surface area contributed by atoms with Gasteiger partial charge < -0.3 is 10.1 Å². The molecule has 0 bridgehead atoms. The quantitative estimate of drug-likeness (QED) is 0.771. The lowest BCUT2D eigenvalue weighted by Gasteiger charge is -2.34. The van der Waals surface area contributed by atoms with E-state index in [1.807, 2.05) is 0 Å². The first kappa shape index (κ1) is 14.9. The zero-order valence-corrected chi connectivity index (χ0v) is 12.2. The molecule has 0 aliphatic carbocycles. The van der Waals surface area contributed by atoms with Crippen molar-refractivity contribution in [1.29, 1.82) is 0 Å². The fourth-order valence-corrected chi connectivity index (χ4v) is 2.70. The van der Waals surface area contributed by atoms with E-state index >= 15 is 0 Å². The molecule has 0 spiro atoms. The van der Waals surface area contributed by atoms with Crippen LogP contribution >= 0.6 is 0 Å². The van der Waals surface area contributed by atoms with Gasteiger partial charge in [-0.05, 0) is 18.4 Å². The van der Waals surface area contributed by atoms with Gasteiger partial charge in [0.15, 0.2) is 0 Å². The Balaban J connectivity index is 2.33. The Morgan fingerprint density at radius 3 is 2.41 bits per heavy atom. The van der Waals surface area contributed by atoms with E-state index in [0.29, 0.717) is 24.0 Å². The number of rotatable bonds is 6. The monoisotopic (exact) mass is 242 g/mol. The first-order valence-electron chi connectivity index (χ1n) is 7.11. The van der Waals surface area contributed by atoms with E-state index in [4.69, 9.17) is 4.74 Å². The number of hydrogen-bond donors (Lipinski definition) is 1. The second-order valence-electron chi connectivity index (χ2n) is 5.81. The van der Waals surface area contributed by atoms with Crippen molar-refractivity contribution in [2.45, 2.75) is 46.8 Å². The molecule has 0 aromatic rings. The summed E-state index contributed by atoms with van der Waals surface area (Å²) in [5.74, 6) is 1.36. The molecule has 1 fully saturated rings. The van der Waals surface area contributed by atoms with E-state index in [9.17, 15) is 0 Å². The Hall–Kier alpha value is -0.120. The average Bonchev–Trinajstić information content (AvgIpc) is 2.28. The highest BCUT2D eigenvalue weighted by Crippen LogP contribution is 2.12. The fourth-order valence-electron chi connectivity index (χ4n) is 2.70. The molecule has 1 unspecified atom stereocenters. The molecule has 17 heavy (non-hydrogen) atoms. The van der Waals surface area contributed by atoms with Crippen molar-refractivity contribution in [2.75, 3.05) is 32.8 Å². The molecule has 0 aromatic carbocycles. The van der Waals surface area contributed by atoms with Gasteiger partial charge >= 0.3 is 0 Å². The summed E-state index contributed by atoms with van der Waals surface area (Å²) >= 11 is 0. The Labute approximate surface area is 107 Å². The zero-order chi connectivity index (χ0) is 12.8.